The van der Waals surface area contributed by atoms with Crippen molar-refractivity contribution >= 4 is 0 Å². The molecule has 152 valence electrons. The van der Waals surface area contributed by atoms with E-state index >= 15 is 0 Å². The SMILES string of the molecule is CCCCCCCc1ccc(-c2ccc(-c3ccc(OCC)cc3)cn2)c(F)c1. The van der Waals surface area contributed by atoms with Gasteiger partial charge in [0.15, 0.2) is 0 Å². The lowest BCUT2D eigenvalue weighted by Crippen LogP contribution is -1.93. The summed E-state index contributed by atoms with van der Waals surface area (Å²) < 4.78 is 20.1. The third-order valence-electron chi connectivity index (χ3n) is 5.14. The van der Waals surface area contributed by atoms with Gasteiger partial charge in [-0.2, -0.15) is 0 Å². The Balaban J connectivity index is 1.66. The minimum absolute atomic E-state index is 0.197. The average Bonchev–Trinajstić information content (AvgIpc) is 2.75. The van der Waals surface area contributed by atoms with Gasteiger partial charge >= 0.3 is 0 Å². The van der Waals surface area contributed by atoms with Gasteiger partial charge in [0.2, 0.25) is 0 Å². The maximum absolute atomic E-state index is 14.7. The highest BCUT2D eigenvalue weighted by atomic mass is 19.1. The quantitative estimate of drug-likeness (QED) is 0.334. The minimum Gasteiger partial charge on any atom is -0.494 e. The minimum atomic E-state index is -0.197. The zero-order valence-corrected chi connectivity index (χ0v) is 17.5. The second-order valence-corrected chi connectivity index (χ2v) is 7.37. The molecule has 1 heterocycles. The third kappa shape index (κ3) is 5.90. The highest BCUT2D eigenvalue weighted by molar-refractivity contribution is 5.67. The van der Waals surface area contributed by atoms with Crippen molar-refractivity contribution in [1.29, 1.82) is 0 Å². The zero-order valence-electron chi connectivity index (χ0n) is 17.5. The van der Waals surface area contributed by atoms with Gasteiger partial charge in [-0.15, -0.1) is 0 Å². The molecule has 0 fully saturated rings. The van der Waals surface area contributed by atoms with Gasteiger partial charge in [0.05, 0.1) is 12.3 Å². The molecule has 29 heavy (non-hydrogen) atoms. The Bertz CT molecular complexity index is 888. The van der Waals surface area contributed by atoms with E-state index in [-0.39, 0.29) is 5.82 Å². The van der Waals surface area contributed by atoms with Crippen LogP contribution in [0.3, 0.4) is 0 Å². The predicted octanol–water partition coefficient (Wildman–Crippen LogP) is 7.47. The molecule has 2 aromatic carbocycles. The summed E-state index contributed by atoms with van der Waals surface area (Å²) in [5.41, 5.74) is 4.34. The number of hydrogen-bond donors (Lipinski definition) is 0. The fraction of sp³-hybridized carbons (Fsp3) is 0.346. The number of unbranched alkanes of at least 4 members (excludes halogenated alkanes) is 4. The van der Waals surface area contributed by atoms with E-state index < -0.39 is 0 Å². The first-order valence-electron chi connectivity index (χ1n) is 10.7. The Morgan fingerprint density at radius 3 is 2.24 bits per heavy atom. The van der Waals surface area contributed by atoms with E-state index in [0.29, 0.717) is 17.9 Å². The first kappa shape index (κ1) is 21.0. The second kappa shape index (κ2) is 10.8. The number of halogens is 1. The summed E-state index contributed by atoms with van der Waals surface area (Å²) in [5.74, 6) is 0.658. The summed E-state index contributed by atoms with van der Waals surface area (Å²) >= 11 is 0. The zero-order chi connectivity index (χ0) is 20.5. The molecule has 0 atom stereocenters. The van der Waals surface area contributed by atoms with Crippen LogP contribution in [0.2, 0.25) is 0 Å². The van der Waals surface area contributed by atoms with Crippen LogP contribution in [0.25, 0.3) is 22.4 Å². The van der Waals surface area contributed by atoms with Gasteiger partial charge in [-0.3, -0.25) is 4.98 Å². The highest BCUT2D eigenvalue weighted by Gasteiger charge is 2.08. The fourth-order valence-electron chi connectivity index (χ4n) is 3.49. The van der Waals surface area contributed by atoms with Crippen molar-refractivity contribution in [2.45, 2.75) is 52.4 Å². The van der Waals surface area contributed by atoms with Gasteiger partial charge in [-0.05, 0) is 61.2 Å². The molecule has 0 amide bonds. The van der Waals surface area contributed by atoms with Crippen LogP contribution in [0.4, 0.5) is 4.39 Å². The lowest BCUT2D eigenvalue weighted by Gasteiger charge is -2.08. The van der Waals surface area contributed by atoms with Gasteiger partial charge in [0.25, 0.3) is 0 Å². The van der Waals surface area contributed by atoms with Crippen molar-refractivity contribution < 1.29 is 9.13 Å². The number of pyridine rings is 1. The summed E-state index contributed by atoms with van der Waals surface area (Å²) in [4.78, 5) is 4.50. The van der Waals surface area contributed by atoms with Crippen molar-refractivity contribution in [2.75, 3.05) is 6.61 Å². The normalized spacial score (nSPS) is 10.9. The smallest absolute Gasteiger partial charge is 0.132 e. The number of ether oxygens (including phenoxy) is 1. The Labute approximate surface area is 173 Å². The summed E-state index contributed by atoms with van der Waals surface area (Å²) in [6.07, 6.45) is 8.86. The van der Waals surface area contributed by atoms with Gasteiger partial charge < -0.3 is 4.74 Å². The average molecular weight is 392 g/mol. The summed E-state index contributed by atoms with van der Waals surface area (Å²) in [6.45, 7) is 4.83. The van der Waals surface area contributed by atoms with E-state index in [4.69, 9.17) is 4.74 Å². The van der Waals surface area contributed by atoms with Crippen molar-refractivity contribution in [3.63, 3.8) is 0 Å². The van der Waals surface area contributed by atoms with E-state index in [1.807, 2.05) is 55.5 Å². The first-order valence-corrected chi connectivity index (χ1v) is 10.7. The highest BCUT2D eigenvalue weighted by Crippen LogP contribution is 2.26. The lowest BCUT2D eigenvalue weighted by molar-refractivity contribution is 0.340. The number of aryl methyl sites for hydroxylation is 1. The Kier molecular flexibility index (Phi) is 7.80. The van der Waals surface area contributed by atoms with Crippen LogP contribution in [0.15, 0.2) is 60.8 Å². The second-order valence-electron chi connectivity index (χ2n) is 7.37. The van der Waals surface area contributed by atoms with E-state index in [1.54, 1.807) is 12.3 Å². The van der Waals surface area contributed by atoms with Crippen molar-refractivity contribution in [3.05, 3.63) is 72.2 Å². The Morgan fingerprint density at radius 1 is 0.828 bits per heavy atom. The molecule has 0 aliphatic heterocycles. The van der Waals surface area contributed by atoms with E-state index in [1.165, 1.54) is 25.7 Å². The summed E-state index contributed by atoms with van der Waals surface area (Å²) in [6, 6.07) is 17.3. The fourth-order valence-corrected chi connectivity index (χ4v) is 3.49. The van der Waals surface area contributed by atoms with Crippen molar-refractivity contribution in [2.24, 2.45) is 0 Å². The van der Waals surface area contributed by atoms with Gasteiger partial charge in [-0.1, -0.05) is 56.9 Å². The molecule has 0 unspecified atom stereocenters. The molecule has 0 saturated heterocycles. The van der Waals surface area contributed by atoms with Crippen LogP contribution in [0.1, 0.15) is 51.5 Å². The van der Waals surface area contributed by atoms with Crippen LogP contribution in [-0.2, 0) is 6.42 Å². The van der Waals surface area contributed by atoms with Crippen LogP contribution in [0.5, 0.6) is 5.75 Å². The molecule has 0 saturated carbocycles. The summed E-state index contributed by atoms with van der Waals surface area (Å²) in [5, 5.41) is 0. The molecule has 3 rings (SSSR count). The van der Waals surface area contributed by atoms with Gasteiger partial charge in [-0.25, -0.2) is 4.39 Å². The third-order valence-corrected chi connectivity index (χ3v) is 5.14. The molecule has 0 aliphatic rings. The standard InChI is InChI=1S/C26H30FNO/c1-3-5-6-7-8-9-20-10-16-24(25(27)18-20)26-17-13-22(19-28-26)21-11-14-23(15-12-21)29-4-2/h10-19H,3-9H2,1-2H3. The first-order chi connectivity index (χ1) is 14.2. The topological polar surface area (TPSA) is 22.1 Å². The molecule has 3 heteroatoms. The molecule has 0 aliphatic carbocycles. The molecular weight excluding hydrogens is 361 g/mol. The predicted molar refractivity (Wildman–Crippen MR) is 119 cm³/mol. The van der Waals surface area contributed by atoms with Crippen molar-refractivity contribution in [3.8, 4) is 28.1 Å². The Hall–Kier alpha value is -2.68. The molecule has 3 aromatic rings. The molecule has 0 radical (unpaired) electrons. The number of benzene rings is 2. The van der Waals surface area contributed by atoms with Crippen LogP contribution < -0.4 is 4.74 Å². The molecule has 0 spiro atoms. The number of nitrogens with zero attached hydrogens (tertiary/aromatic N) is 1. The molecule has 1 aromatic heterocycles. The van der Waals surface area contributed by atoms with Gasteiger partial charge in [0, 0.05) is 17.3 Å². The maximum atomic E-state index is 14.7. The van der Waals surface area contributed by atoms with Crippen LogP contribution in [-0.4, -0.2) is 11.6 Å². The molecular formula is C26H30FNO. The van der Waals surface area contributed by atoms with Crippen molar-refractivity contribution in [1.82, 2.24) is 4.98 Å². The number of aromatic nitrogens is 1. The number of rotatable bonds is 10. The maximum Gasteiger partial charge on any atom is 0.132 e. The molecule has 0 N–H and O–H groups in total. The monoisotopic (exact) mass is 391 g/mol. The van der Waals surface area contributed by atoms with E-state index in [9.17, 15) is 4.39 Å². The molecule has 0 bridgehead atoms. The number of hydrogen-bond acceptors (Lipinski definition) is 2. The van der Waals surface area contributed by atoms with Gasteiger partial charge in [0.1, 0.15) is 11.6 Å². The van der Waals surface area contributed by atoms with E-state index in [0.717, 1.165) is 35.3 Å². The van der Waals surface area contributed by atoms with E-state index in [2.05, 4.69) is 11.9 Å². The summed E-state index contributed by atoms with van der Waals surface area (Å²) in [7, 11) is 0. The lowest BCUT2D eigenvalue weighted by atomic mass is 10.0. The van der Waals surface area contributed by atoms with Crippen LogP contribution in [0, 0.1) is 5.82 Å². The molecule has 2 nitrogen and oxygen atoms in total. The van der Waals surface area contributed by atoms with Crippen LogP contribution >= 0.6 is 0 Å². The largest absolute Gasteiger partial charge is 0.494 e. The Morgan fingerprint density at radius 2 is 1.59 bits per heavy atom.